The van der Waals surface area contributed by atoms with Crippen LogP contribution in [0.1, 0.15) is 51.6 Å². The molecule has 0 aliphatic carbocycles. The van der Waals surface area contributed by atoms with Crippen LogP contribution in [0.15, 0.2) is 24.3 Å². The van der Waals surface area contributed by atoms with Crippen LogP contribution in [0.3, 0.4) is 0 Å². The molecular formula is C16H25FN2O. The summed E-state index contributed by atoms with van der Waals surface area (Å²) < 4.78 is 13.1. The fourth-order valence-corrected chi connectivity index (χ4v) is 2.09. The summed E-state index contributed by atoms with van der Waals surface area (Å²) in [6.07, 6.45) is 2.70. The maximum absolute atomic E-state index is 13.1. The van der Waals surface area contributed by atoms with Crippen LogP contribution in [-0.2, 0) is 4.79 Å². The van der Waals surface area contributed by atoms with Crippen LogP contribution >= 0.6 is 0 Å². The first-order valence-electron chi connectivity index (χ1n) is 7.21. The van der Waals surface area contributed by atoms with Gasteiger partial charge >= 0.3 is 0 Å². The average molecular weight is 280 g/mol. The molecule has 0 radical (unpaired) electrons. The number of carbonyl (C=O) groups is 1. The van der Waals surface area contributed by atoms with E-state index in [1.165, 1.54) is 12.1 Å². The zero-order chi connectivity index (χ0) is 15.1. The number of hydrogen-bond donors (Lipinski definition) is 2. The Hall–Kier alpha value is -1.42. The molecule has 3 atom stereocenters. The van der Waals surface area contributed by atoms with E-state index in [1.54, 1.807) is 6.07 Å². The minimum Gasteiger partial charge on any atom is -0.349 e. The SMILES string of the molecule is CC(N)CCCC(C)C(=O)N[C@@H](C)c1cccc(F)c1. The summed E-state index contributed by atoms with van der Waals surface area (Å²) in [4.78, 5) is 12.1. The van der Waals surface area contributed by atoms with Gasteiger partial charge in [-0.15, -0.1) is 0 Å². The lowest BCUT2D eigenvalue weighted by Crippen LogP contribution is -2.31. The summed E-state index contributed by atoms with van der Waals surface area (Å²) in [6, 6.07) is 6.31. The van der Waals surface area contributed by atoms with Gasteiger partial charge in [-0.05, 0) is 44.4 Å². The van der Waals surface area contributed by atoms with Crippen molar-refractivity contribution in [2.24, 2.45) is 11.7 Å². The highest BCUT2D eigenvalue weighted by molar-refractivity contribution is 5.78. The number of hydrogen-bond acceptors (Lipinski definition) is 2. The van der Waals surface area contributed by atoms with Gasteiger partial charge < -0.3 is 11.1 Å². The van der Waals surface area contributed by atoms with Gasteiger partial charge in [-0.3, -0.25) is 4.79 Å². The van der Waals surface area contributed by atoms with E-state index in [1.807, 2.05) is 26.8 Å². The molecule has 4 heteroatoms. The van der Waals surface area contributed by atoms with Crippen LogP contribution in [-0.4, -0.2) is 11.9 Å². The van der Waals surface area contributed by atoms with Gasteiger partial charge in [0.25, 0.3) is 0 Å². The van der Waals surface area contributed by atoms with Gasteiger partial charge in [0.1, 0.15) is 5.82 Å². The third kappa shape index (κ3) is 5.70. The minimum atomic E-state index is -0.284. The topological polar surface area (TPSA) is 55.1 Å². The molecule has 0 aromatic heterocycles. The van der Waals surface area contributed by atoms with E-state index in [4.69, 9.17) is 5.73 Å². The summed E-state index contributed by atoms with van der Waals surface area (Å²) in [7, 11) is 0. The predicted molar refractivity (Wildman–Crippen MR) is 79.6 cm³/mol. The summed E-state index contributed by atoms with van der Waals surface area (Å²) >= 11 is 0. The van der Waals surface area contributed by atoms with Gasteiger partial charge in [-0.1, -0.05) is 25.5 Å². The molecule has 1 aromatic carbocycles. The Morgan fingerprint density at radius 3 is 2.60 bits per heavy atom. The average Bonchev–Trinajstić information content (AvgIpc) is 2.38. The second-order valence-corrected chi connectivity index (χ2v) is 5.59. The molecule has 1 amide bonds. The largest absolute Gasteiger partial charge is 0.349 e. The van der Waals surface area contributed by atoms with Crippen molar-refractivity contribution in [3.8, 4) is 0 Å². The Balaban J connectivity index is 2.44. The summed E-state index contributed by atoms with van der Waals surface area (Å²) in [5.74, 6) is -0.329. The molecule has 0 saturated carbocycles. The molecule has 0 fully saturated rings. The van der Waals surface area contributed by atoms with E-state index < -0.39 is 0 Å². The Morgan fingerprint density at radius 2 is 2.00 bits per heavy atom. The Labute approximate surface area is 120 Å². The van der Waals surface area contributed by atoms with Crippen LogP contribution in [0.2, 0.25) is 0 Å². The van der Waals surface area contributed by atoms with Crippen LogP contribution in [0, 0.1) is 11.7 Å². The van der Waals surface area contributed by atoms with Crippen molar-refractivity contribution in [3.63, 3.8) is 0 Å². The van der Waals surface area contributed by atoms with Gasteiger partial charge in [-0.2, -0.15) is 0 Å². The molecule has 2 unspecified atom stereocenters. The summed E-state index contributed by atoms with van der Waals surface area (Å²) in [5.41, 5.74) is 6.47. The van der Waals surface area contributed by atoms with E-state index in [9.17, 15) is 9.18 Å². The van der Waals surface area contributed by atoms with Crippen molar-refractivity contribution in [3.05, 3.63) is 35.6 Å². The Bertz CT molecular complexity index is 434. The molecule has 1 aromatic rings. The molecular weight excluding hydrogens is 255 g/mol. The first-order valence-corrected chi connectivity index (χ1v) is 7.21. The number of amides is 1. The number of nitrogens with two attached hydrogens (primary N) is 1. The highest BCUT2D eigenvalue weighted by Crippen LogP contribution is 2.16. The number of carbonyl (C=O) groups excluding carboxylic acids is 1. The molecule has 0 saturated heterocycles. The van der Waals surface area contributed by atoms with Crippen LogP contribution in [0.25, 0.3) is 0 Å². The smallest absolute Gasteiger partial charge is 0.223 e. The van der Waals surface area contributed by atoms with Crippen molar-refractivity contribution < 1.29 is 9.18 Å². The minimum absolute atomic E-state index is 0.00596. The normalized spacial score (nSPS) is 15.4. The van der Waals surface area contributed by atoms with Crippen molar-refractivity contribution in [1.82, 2.24) is 5.32 Å². The second kappa shape index (κ2) is 8.00. The van der Waals surface area contributed by atoms with Gasteiger partial charge in [0.2, 0.25) is 5.91 Å². The third-order valence-corrected chi connectivity index (χ3v) is 3.45. The van der Waals surface area contributed by atoms with E-state index in [-0.39, 0.29) is 29.7 Å². The van der Waals surface area contributed by atoms with E-state index in [0.717, 1.165) is 24.8 Å². The highest BCUT2D eigenvalue weighted by atomic mass is 19.1. The number of halogens is 1. The predicted octanol–water partition coefficient (Wildman–Crippen LogP) is 3.16. The van der Waals surface area contributed by atoms with Crippen molar-refractivity contribution in [1.29, 1.82) is 0 Å². The summed E-state index contributed by atoms with van der Waals surface area (Å²) in [5, 5.41) is 2.92. The lowest BCUT2D eigenvalue weighted by atomic mass is 10.0. The molecule has 0 heterocycles. The molecule has 0 spiro atoms. The molecule has 0 bridgehead atoms. The van der Waals surface area contributed by atoms with Crippen molar-refractivity contribution in [2.45, 2.75) is 52.1 Å². The van der Waals surface area contributed by atoms with Gasteiger partial charge in [-0.25, -0.2) is 4.39 Å². The van der Waals surface area contributed by atoms with Crippen LogP contribution < -0.4 is 11.1 Å². The first kappa shape index (κ1) is 16.6. The number of rotatable bonds is 7. The van der Waals surface area contributed by atoms with E-state index in [0.29, 0.717) is 0 Å². The Kier molecular flexibility index (Phi) is 6.65. The van der Waals surface area contributed by atoms with Gasteiger partial charge in [0.15, 0.2) is 0 Å². The molecule has 0 aliphatic rings. The zero-order valence-corrected chi connectivity index (χ0v) is 12.5. The first-order chi connectivity index (χ1) is 9.40. The maximum atomic E-state index is 13.1. The molecule has 3 nitrogen and oxygen atoms in total. The zero-order valence-electron chi connectivity index (χ0n) is 12.5. The number of nitrogens with one attached hydrogen (secondary N) is 1. The number of benzene rings is 1. The van der Waals surface area contributed by atoms with Crippen LogP contribution in [0.4, 0.5) is 4.39 Å². The third-order valence-electron chi connectivity index (χ3n) is 3.45. The second-order valence-electron chi connectivity index (χ2n) is 5.59. The standard InChI is InChI=1S/C16H25FN2O/c1-11(6-4-7-12(2)18)16(20)19-13(3)14-8-5-9-15(17)10-14/h5,8-13H,4,6-7,18H2,1-3H3,(H,19,20)/t11?,12?,13-/m0/s1. The fourth-order valence-electron chi connectivity index (χ4n) is 2.09. The molecule has 3 N–H and O–H groups in total. The van der Waals surface area contributed by atoms with Crippen molar-refractivity contribution in [2.75, 3.05) is 0 Å². The maximum Gasteiger partial charge on any atom is 0.223 e. The molecule has 0 aliphatic heterocycles. The van der Waals surface area contributed by atoms with Gasteiger partial charge in [0, 0.05) is 12.0 Å². The highest BCUT2D eigenvalue weighted by Gasteiger charge is 2.16. The fraction of sp³-hybridized carbons (Fsp3) is 0.562. The molecule has 1 rings (SSSR count). The van der Waals surface area contributed by atoms with E-state index in [2.05, 4.69) is 5.32 Å². The monoisotopic (exact) mass is 280 g/mol. The van der Waals surface area contributed by atoms with Crippen LogP contribution in [0.5, 0.6) is 0 Å². The quantitative estimate of drug-likeness (QED) is 0.806. The Morgan fingerprint density at radius 1 is 1.30 bits per heavy atom. The molecule has 112 valence electrons. The van der Waals surface area contributed by atoms with Crippen molar-refractivity contribution >= 4 is 5.91 Å². The van der Waals surface area contributed by atoms with Gasteiger partial charge in [0.05, 0.1) is 6.04 Å². The summed E-state index contributed by atoms with van der Waals surface area (Å²) in [6.45, 7) is 5.74. The lowest BCUT2D eigenvalue weighted by Gasteiger charge is -2.18. The van der Waals surface area contributed by atoms with E-state index >= 15 is 0 Å². The molecule has 20 heavy (non-hydrogen) atoms. The lowest BCUT2D eigenvalue weighted by molar-refractivity contribution is -0.125.